The third-order valence-electron chi connectivity index (χ3n) is 3.30. The Balaban J connectivity index is 3.90. The maximum Gasteiger partial charge on any atom is 0.304 e. The van der Waals surface area contributed by atoms with Crippen molar-refractivity contribution in [1.82, 2.24) is 0 Å². The van der Waals surface area contributed by atoms with Crippen molar-refractivity contribution in [3.05, 3.63) is 36.5 Å². The van der Waals surface area contributed by atoms with Crippen molar-refractivity contribution in [3.8, 4) is 0 Å². The topological polar surface area (TPSA) is 104 Å². The van der Waals surface area contributed by atoms with E-state index in [0.717, 1.165) is 6.42 Å². The molecule has 0 aliphatic heterocycles. The zero-order chi connectivity index (χ0) is 17.5. The van der Waals surface area contributed by atoms with E-state index in [1.54, 1.807) is 12.2 Å². The average Bonchev–Trinajstić information content (AvgIpc) is 2.44. The van der Waals surface area contributed by atoms with Gasteiger partial charge in [0.1, 0.15) is 0 Å². The number of carboxylic acids is 1. The second-order valence-corrected chi connectivity index (χ2v) is 5.74. The zero-order valence-corrected chi connectivity index (χ0v) is 14.0. The number of allylic oxidation sites excluding steroid dienone is 5. The van der Waals surface area contributed by atoms with Crippen LogP contribution in [0.2, 0.25) is 0 Å². The number of carbonyl (C=O) groups is 1. The largest absolute Gasteiger partial charge is 0.481 e. The van der Waals surface area contributed by atoms with Crippen LogP contribution in [0.4, 0.5) is 0 Å². The lowest BCUT2D eigenvalue weighted by Crippen LogP contribution is -2.30. The van der Waals surface area contributed by atoms with Crippen molar-refractivity contribution in [2.75, 3.05) is 0 Å². The Labute approximate surface area is 139 Å². The quantitative estimate of drug-likeness (QED) is 0.308. The van der Waals surface area contributed by atoms with E-state index in [2.05, 4.69) is 13.0 Å². The molecule has 0 aromatic rings. The fraction of sp³-hybridized carbons (Fsp3) is 0.611. The van der Waals surface area contributed by atoms with Crippen LogP contribution in [-0.4, -0.2) is 39.5 Å². The summed E-state index contributed by atoms with van der Waals surface area (Å²) < 4.78 is 0. The normalized spacial score (nSPS) is 16.3. The molecule has 0 saturated heterocycles. The Morgan fingerprint density at radius 1 is 1.09 bits per heavy atom. The van der Waals surface area contributed by atoms with Gasteiger partial charge in [-0.3, -0.25) is 4.79 Å². The molecular weight excluding hydrogens is 294 g/mol. The van der Waals surface area contributed by atoms with Crippen LogP contribution in [-0.2, 0) is 4.79 Å². The van der Waals surface area contributed by atoms with Gasteiger partial charge < -0.3 is 21.1 Å². The third-order valence-corrected chi connectivity index (χ3v) is 3.30. The Kier molecular flexibility index (Phi) is 13.3. The van der Waals surface area contributed by atoms with Crippen molar-refractivity contribution in [3.63, 3.8) is 0 Å². The summed E-state index contributed by atoms with van der Waals surface area (Å²) in [5.74, 6) is -0.988. The maximum atomic E-state index is 10.5. The average molecular weight is 325 g/mol. The second-order valence-electron chi connectivity index (χ2n) is 5.74. The molecule has 0 bridgehead atoms. The smallest absolute Gasteiger partial charge is 0.304 e. The molecule has 0 radical (unpaired) electrons. The first-order chi connectivity index (χ1) is 11.0. The third kappa shape index (κ3) is 15.2. The van der Waals surface area contributed by atoms with Gasteiger partial charge in [-0.2, -0.15) is 0 Å². The minimum absolute atomic E-state index is 0.143. The van der Waals surface area contributed by atoms with Gasteiger partial charge in [-0.15, -0.1) is 0 Å². The number of hydrogen-bond donors (Lipinski definition) is 4. The number of rotatable bonds is 13. The van der Waals surface area contributed by atoms with Gasteiger partial charge in [-0.25, -0.2) is 0 Å². The molecule has 0 heterocycles. The molecule has 132 valence electrons. The van der Waals surface area contributed by atoms with Crippen molar-refractivity contribution in [1.29, 1.82) is 0 Å². The molecule has 0 fully saturated rings. The molecule has 0 rings (SSSR count). The predicted molar refractivity (Wildman–Crippen MR) is 93.0 cm³/mol. The van der Waals surface area contributed by atoms with Gasteiger partial charge in [0.25, 0.3) is 0 Å². The molecule has 23 heavy (non-hydrogen) atoms. The van der Waals surface area contributed by atoms with Crippen LogP contribution in [0.5, 0.6) is 0 Å². The van der Waals surface area contributed by atoms with Gasteiger partial charge in [0.05, 0.1) is 18.6 Å². The van der Waals surface area contributed by atoms with Crippen LogP contribution in [0.25, 0.3) is 0 Å². The number of carboxylic acid groups (broad SMARTS) is 1. The maximum absolute atomic E-state index is 10.5. The lowest BCUT2D eigenvalue weighted by molar-refractivity contribution is -0.137. The van der Waals surface area contributed by atoms with Gasteiger partial charge in [0.2, 0.25) is 0 Å². The number of unbranched alkanes of at least 4 members (excludes halogenated alkanes) is 3. The first kappa shape index (κ1) is 21.6. The number of aliphatic hydroxyl groups excluding tert-OH is 2. The fourth-order valence-electron chi connectivity index (χ4n) is 2.12. The highest BCUT2D eigenvalue weighted by molar-refractivity contribution is 5.67. The minimum Gasteiger partial charge on any atom is -0.481 e. The molecule has 0 amide bonds. The zero-order valence-electron chi connectivity index (χ0n) is 14.0. The van der Waals surface area contributed by atoms with E-state index in [0.29, 0.717) is 0 Å². The van der Waals surface area contributed by atoms with Crippen molar-refractivity contribution < 1.29 is 20.1 Å². The highest BCUT2D eigenvalue weighted by Gasteiger charge is 2.15. The van der Waals surface area contributed by atoms with Gasteiger partial charge in [-0.1, -0.05) is 56.2 Å². The molecule has 3 atom stereocenters. The van der Waals surface area contributed by atoms with Crippen LogP contribution in [0.15, 0.2) is 36.5 Å². The van der Waals surface area contributed by atoms with Gasteiger partial charge in [-0.05, 0) is 19.3 Å². The number of nitrogens with two attached hydrogens (primary N) is 1. The Hall–Kier alpha value is -1.43. The molecule has 0 saturated carbocycles. The summed E-state index contributed by atoms with van der Waals surface area (Å²) in [4.78, 5) is 10.5. The lowest BCUT2D eigenvalue weighted by atomic mass is 10.0. The molecule has 0 aliphatic carbocycles. The van der Waals surface area contributed by atoms with Gasteiger partial charge in [0, 0.05) is 12.5 Å². The summed E-state index contributed by atoms with van der Waals surface area (Å²) in [7, 11) is 0. The molecule has 5 heteroatoms. The predicted octanol–water partition coefficient (Wildman–Crippen LogP) is 2.54. The number of hydrogen-bond acceptors (Lipinski definition) is 4. The Bertz CT molecular complexity index is 390. The molecule has 0 aromatic heterocycles. The van der Waals surface area contributed by atoms with Gasteiger partial charge in [0.15, 0.2) is 0 Å². The Morgan fingerprint density at radius 3 is 2.43 bits per heavy atom. The molecule has 0 spiro atoms. The fourth-order valence-corrected chi connectivity index (χ4v) is 2.12. The van der Waals surface area contributed by atoms with Crippen molar-refractivity contribution in [2.45, 2.75) is 70.1 Å². The van der Waals surface area contributed by atoms with E-state index < -0.39 is 24.2 Å². The van der Waals surface area contributed by atoms with Crippen LogP contribution < -0.4 is 5.73 Å². The van der Waals surface area contributed by atoms with E-state index in [4.69, 9.17) is 10.8 Å². The Morgan fingerprint density at radius 2 is 1.78 bits per heavy atom. The van der Waals surface area contributed by atoms with E-state index in [9.17, 15) is 15.0 Å². The molecule has 5 N–H and O–H groups in total. The van der Waals surface area contributed by atoms with E-state index >= 15 is 0 Å². The summed E-state index contributed by atoms with van der Waals surface area (Å²) in [5.41, 5.74) is 5.59. The molecular formula is C18H31NO4. The van der Waals surface area contributed by atoms with E-state index in [1.165, 1.54) is 19.3 Å². The van der Waals surface area contributed by atoms with E-state index in [1.807, 2.05) is 18.2 Å². The molecule has 0 aromatic carbocycles. The summed E-state index contributed by atoms with van der Waals surface area (Å²) >= 11 is 0. The molecule has 5 nitrogen and oxygen atoms in total. The van der Waals surface area contributed by atoms with Crippen LogP contribution in [0.3, 0.4) is 0 Å². The summed E-state index contributed by atoms with van der Waals surface area (Å²) in [5, 5.41) is 28.1. The summed E-state index contributed by atoms with van der Waals surface area (Å²) in [6, 6.07) is -0.601. The van der Waals surface area contributed by atoms with Crippen LogP contribution >= 0.6 is 0 Å². The number of aliphatic carboxylic acids is 1. The number of aliphatic hydroxyl groups is 2. The van der Waals surface area contributed by atoms with Crippen LogP contribution in [0.1, 0.15) is 51.9 Å². The monoisotopic (exact) mass is 325 g/mol. The minimum atomic E-state index is -0.988. The lowest BCUT2D eigenvalue weighted by Gasteiger charge is -2.16. The van der Waals surface area contributed by atoms with Gasteiger partial charge >= 0.3 is 5.97 Å². The summed E-state index contributed by atoms with van der Waals surface area (Å²) in [6.07, 6.45) is 14.4. The first-order valence-electron chi connectivity index (χ1n) is 8.29. The van der Waals surface area contributed by atoms with Crippen LogP contribution in [0, 0.1) is 0 Å². The van der Waals surface area contributed by atoms with Crippen molar-refractivity contribution in [2.24, 2.45) is 5.73 Å². The first-order valence-corrected chi connectivity index (χ1v) is 8.29. The molecule has 0 aliphatic rings. The van der Waals surface area contributed by atoms with Crippen molar-refractivity contribution >= 4 is 5.97 Å². The SMILES string of the molecule is CCCCC/C=C/C=C/C=C/[C@@H](O)C[C@H](O)C[C@@H](N)CC(=O)O. The highest BCUT2D eigenvalue weighted by Crippen LogP contribution is 2.08. The highest BCUT2D eigenvalue weighted by atomic mass is 16.4. The standard InChI is InChI=1S/C18H31NO4/c1-2-3-4-5-6-7-8-9-10-11-16(20)14-17(21)12-15(19)13-18(22)23/h6-11,15-17,20-21H,2-5,12-14,19H2,1H3,(H,22,23)/b7-6+,9-8+,11-10+/t15-,16-,17-/m1/s1. The van der Waals surface area contributed by atoms with E-state index in [-0.39, 0.29) is 19.3 Å². The molecule has 0 unspecified atom stereocenters. The second kappa shape index (κ2) is 14.2. The summed E-state index contributed by atoms with van der Waals surface area (Å²) in [6.45, 7) is 2.18.